The molecule has 31 heavy (non-hydrogen) atoms. The molecule has 0 aromatic heterocycles. The first kappa shape index (κ1) is 20.8. The molecule has 0 radical (unpaired) electrons. The van der Waals surface area contributed by atoms with Gasteiger partial charge in [-0.2, -0.15) is 0 Å². The summed E-state index contributed by atoms with van der Waals surface area (Å²) in [5.41, 5.74) is 5.72. The van der Waals surface area contributed by atoms with Crippen LogP contribution >= 0.6 is 11.6 Å². The second kappa shape index (κ2) is 9.56. The summed E-state index contributed by atoms with van der Waals surface area (Å²) in [6.45, 7) is 4.61. The Hall–Kier alpha value is -2.13. The van der Waals surface area contributed by atoms with Gasteiger partial charge in [0.15, 0.2) is 0 Å². The molecule has 3 aromatic rings. The van der Waals surface area contributed by atoms with Crippen molar-refractivity contribution in [2.75, 3.05) is 26.2 Å². The number of rotatable bonds is 4. The van der Waals surface area contributed by atoms with E-state index in [9.17, 15) is 0 Å². The van der Waals surface area contributed by atoms with Crippen LogP contribution in [-0.2, 0) is 12.8 Å². The zero-order chi connectivity index (χ0) is 21.0. The largest absolute Gasteiger partial charge is 0.300 e. The lowest BCUT2D eigenvalue weighted by Crippen LogP contribution is -2.46. The second-order valence-electron chi connectivity index (χ2n) is 8.94. The first-order valence-electron chi connectivity index (χ1n) is 11.6. The van der Waals surface area contributed by atoms with Crippen molar-refractivity contribution in [2.45, 2.75) is 37.8 Å². The topological polar surface area (TPSA) is 6.48 Å². The Labute approximate surface area is 191 Å². The van der Waals surface area contributed by atoms with Crippen LogP contribution in [0.25, 0.3) is 0 Å². The number of nitrogens with zero attached hydrogens (tertiary/aromatic N) is 2. The molecule has 2 nitrogen and oxygen atoms in total. The first-order valence-corrected chi connectivity index (χ1v) is 12.0. The van der Waals surface area contributed by atoms with Gasteiger partial charge in [-0.05, 0) is 60.1 Å². The molecule has 2 heterocycles. The number of piperidine rings is 1. The van der Waals surface area contributed by atoms with Crippen LogP contribution < -0.4 is 0 Å². The molecule has 1 saturated heterocycles. The van der Waals surface area contributed by atoms with Gasteiger partial charge in [-0.3, -0.25) is 9.80 Å². The van der Waals surface area contributed by atoms with Gasteiger partial charge >= 0.3 is 0 Å². The highest BCUT2D eigenvalue weighted by molar-refractivity contribution is 6.30. The molecule has 0 N–H and O–H groups in total. The van der Waals surface area contributed by atoms with E-state index < -0.39 is 0 Å². The number of likely N-dealkylation sites (tertiary alicyclic amines) is 1. The van der Waals surface area contributed by atoms with E-state index in [0.717, 1.165) is 37.5 Å². The Morgan fingerprint density at radius 2 is 1.26 bits per heavy atom. The van der Waals surface area contributed by atoms with Crippen molar-refractivity contribution in [3.63, 3.8) is 0 Å². The number of hydrogen-bond donors (Lipinski definition) is 0. The lowest BCUT2D eigenvalue weighted by atomic mass is 9.93. The van der Waals surface area contributed by atoms with E-state index in [-0.39, 0.29) is 0 Å². The van der Waals surface area contributed by atoms with Crippen LogP contribution in [0.4, 0.5) is 0 Å². The third kappa shape index (κ3) is 4.72. The predicted molar refractivity (Wildman–Crippen MR) is 130 cm³/mol. The molecule has 3 heteroatoms. The van der Waals surface area contributed by atoms with Crippen molar-refractivity contribution in [3.05, 3.63) is 106 Å². The molecule has 0 unspecified atom stereocenters. The maximum atomic E-state index is 6.24. The smallest absolute Gasteiger partial charge is 0.0601 e. The highest BCUT2D eigenvalue weighted by Crippen LogP contribution is 2.32. The van der Waals surface area contributed by atoms with Crippen molar-refractivity contribution >= 4 is 11.6 Å². The summed E-state index contributed by atoms with van der Waals surface area (Å²) in [6, 6.07) is 29.5. The van der Waals surface area contributed by atoms with Crippen LogP contribution in [-0.4, -0.2) is 42.0 Å². The van der Waals surface area contributed by atoms with Gasteiger partial charge in [0, 0.05) is 37.2 Å². The molecule has 5 rings (SSSR count). The second-order valence-corrected chi connectivity index (χ2v) is 9.38. The Bertz CT molecular complexity index is 941. The molecule has 1 fully saturated rings. The third-order valence-electron chi connectivity index (χ3n) is 7.12. The molecule has 0 atom stereocenters. The summed E-state index contributed by atoms with van der Waals surface area (Å²) in [7, 11) is 0. The van der Waals surface area contributed by atoms with Crippen LogP contribution in [0.15, 0.2) is 78.9 Å². The summed E-state index contributed by atoms with van der Waals surface area (Å²) in [4.78, 5) is 5.43. The van der Waals surface area contributed by atoms with Gasteiger partial charge in [0.1, 0.15) is 0 Å². The predicted octanol–water partition coefficient (Wildman–Crippen LogP) is 5.99. The highest BCUT2D eigenvalue weighted by Gasteiger charge is 2.30. The van der Waals surface area contributed by atoms with Gasteiger partial charge in [-0.15, -0.1) is 0 Å². The monoisotopic (exact) mass is 430 g/mol. The summed E-state index contributed by atoms with van der Waals surface area (Å²) >= 11 is 6.24. The molecule has 2 aliphatic heterocycles. The minimum atomic E-state index is 0.346. The molecular formula is C28H31ClN2. The maximum Gasteiger partial charge on any atom is 0.0601 e. The van der Waals surface area contributed by atoms with Gasteiger partial charge < -0.3 is 0 Å². The molecule has 2 aliphatic rings. The van der Waals surface area contributed by atoms with Crippen LogP contribution in [0.1, 0.15) is 41.1 Å². The van der Waals surface area contributed by atoms with E-state index in [4.69, 9.17) is 11.6 Å². The SMILES string of the molecule is Clc1ccc2c(c1)CCN(C1CCN(C(c3ccccc3)c3ccccc3)CC1)CC2. The van der Waals surface area contributed by atoms with Crippen molar-refractivity contribution in [2.24, 2.45) is 0 Å². The van der Waals surface area contributed by atoms with E-state index in [0.29, 0.717) is 12.1 Å². The lowest BCUT2D eigenvalue weighted by molar-refractivity contribution is 0.0954. The molecule has 160 valence electrons. The molecule has 0 saturated carbocycles. The zero-order valence-corrected chi connectivity index (χ0v) is 18.8. The quantitative estimate of drug-likeness (QED) is 0.501. The van der Waals surface area contributed by atoms with Crippen molar-refractivity contribution in [1.29, 1.82) is 0 Å². The minimum Gasteiger partial charge on any atom is -0.300 e. The number of halogens is 1. The highest BCUT2D eigenvalue weighted by atomic mass is 35.5. The average Bonchev–Trinajstić information content (AvgIpc) is 3.03. The summed E-state index contributed by atoms with van der Waals surface area (Å²) in [5.74, 6) is 0. The minimum absolute atomic E-state index is 0.346. The van der Waals surface area contributed by atoms with Crippen LogP contribution in [0.2, 0.25) is 5.02 Å². The van der Waals surface area contributed by atoms with E-state index >= 15 is 0 Å². The van der Waals surface area contributed by atoms with Gasteiger partial charge in [-0.1, -0.05) is 78.3 Å². The summed E-state index contributed by atoms with van der Waals surface area (Å²) < 4.78 is 0. The van der Waals surface area contributed by atoms with Crippen LogP contribution in [0.3, 0.4) is 0 Å². The van der Waals surface area contributed by atoms with E-state index in [1.54, 1.807) is 0 Å². The van der Waals surface area contributed by atoms with E-state index in [2.05, 4.69) is 82.6 Å². The lowest BCUT2D eigenvalue weighted by Gasteiger charge is -2.41. The number of fused-ring (bicyclic) bond motifs is 1. The maximum absolute atomic E-state index is 6.24. The molecule has 0 amide bonds. The normalized spacial score (nSPS) is 18.6. The van der Waals surface area contributed by atoms with Gasteiger partial charge in [-0.25, -0.2) is 0 Å². The van der Waals surface area contributed by atoms with Gasteiger partial charge in [0.05, 0.1) is 6.04 Å². The Kier molecular flexibility index (Phi) is 6.40. The number of hydrogen-bond acceptors (Lipinski definition) is 2. The van der Waals surface area contributed by atoms with Crippen molar-refractivity contribution in [3.8, 4) is 0 Å². The third-order valence-corrected chi connectivity index (χ3v) is 7.35. The fourth-order valence-corrected chi connectivity index (χ4v) is 5.66. The Balaban J connectivity index is 1.27. The average molecular weight is 431 g/mol. The molecular weight excluding hydrogens is 400 g/mol. The van der Waals surface area contributed by atoms with E-state index in [1.807, 2.05) is 6.07 Å². The fraction of sp³-hybridized carbons (Fsp3) is 0.357. The van der Waals surface area contributed by atoms with Gasteiger partial charge in [0.25, 0.3) is 0 Å². The standard InChI is InChI=1S/C28H31ClN2/c29-26-12-11-22-13-17-30(18-14-25(22)21-26)27-15-19-31(20-16-27)28(23-7-3-1-4-8-23)24-9-5-2-6-10-24/h1-12,21,27-28H,13-20H2. The first-order chi connectivity index (χ1) is 15.3. The summed E-state index contributed by atoms with van der Waals surface area (Å²) in [6.07, 6.45) is 4.75. The molecule has 0 aliphatic carbocycles. The molecule has 0 bridgehead atoms. The van der Waals surface area contributed by atoms with Gasteiger partial charge in [0.2, 0.25) is 0 Å². The molecule has 0 spiro atoms. The molecule has 3 aromatic carbocycles. The number of benzene rings is 3. The van der Waals surface area contributed by atoms with Crippen LogP contribution in [0, 0.1) is 0 Å². The zero-order valence-electron chi connectivity index (χ0n) is 18.1. The Morgan fingerprint density at radius 1 is 0.677 bits per heavy atom. The van der Waals surface area contributed by atoms with Crippen molar-refractivity contribution < 1.29 is 0 Å². The summed E-state index contributed by atoms with van der Waals surface area (Å²) in [5, 5.41) is 0.869. The Morgan fingerprint density at radius 3 is 1.87 bits per heavy atom. The van der Waals surface area contributed by atoms with Crippen LogP contribution in [0.5, 0.6) is 0 Å². The van der Waals surface area contributed by atoms with E-state index in [1.165, 1.54) is 41.6 Å². The van der Waals surface area contributed by atoms with Crippen molar-refractivity contribution in [1.82, 2.24) is 9.80 Å². The fourth-order valence-electron chi connectivity index (χ4n) is 5.47.